The Morgan fingerprint density at radius 1 is 1.10 bits per heavy atom. The minimum absolute atomic E-state index is 0.00639. The van der Waals surface area contributed by atoms with Gasteiger partial charge in [-0.15, -0.1) is 0 Å². The number of benzene rings is 2. The fourth-order valence-corrected chi connectivity index (χ4v) is 4.50. The number of rotatable bonds is 12. The number of aliphatic carboxylic acids is 1. The molecule has 0 spiro atoms. The Morgan fingerprint density at radius 3 is 2.62 bits per heavy atom. The van der Waals surface area contributed by atoms with Crippen LogP contribution in [-0.4, -0.2) is 82.6 Å². The van der Waals surface area contributed by atoms with Crippen LogP contribution in [0, 0.1) is 0 Å². The molecule has 0 radical (unpaired) electrons. The van der Waals surface area contributed by atoms with Crippen molar-refractivity contribution in [3.8, 4) is 5.75 Å². The Balaban J connectivity index is 1.39. The summed E-state index contributed by atoms with van der Waals surface area (Å²) in [4.78, 5) is 38.1. The highest BCUT2D eigenvalue weighted by molar-refractivity contribution is 5.92. The van der Waals surface area contributed by atoms with E-state index in [0.717, 1.165) is 24.5 Å². The first kappa shape index (κ1) is 30.8. The van der Waals surface area contributed by atoms with Gasteiger partial charge in [0.1, 0.15) is 24.7 Å². The molecule has 1 fully saturated rings. The molecule has 42 heavy (non-hydrogen) atoms. The van der Waals surface area contributed by atoms with Gasteiger partial charge in [0.2, 0.25) is 11.7 Å². The molecule has 2 aliphatic heterocycles. The fraction of sp³-hybridized carbons (Fsp3) is 0.414. The van der Waals surface area contributed by atoms with Gasteiger partial charge in [-0.05, 0) is 48.6 Å². The predicted octanol–water partition coefficient (Wildman–Crippen LogP) is 1.72. The predicted molar refractivity (Wildman–Crippen MR) is 148 cm³/mol. The maximum atomic E-state index is 12.9. The molecule has 13 nitrogen and oxygen atoms in total. The van der Waals surface area contributed by atoms with Gasteiger partial charge < -0.3 is 45.3 Å². The molecule has 0 bridgehead atoms. The van der Waals surface area contributed by atoms with Crippen molar-refractivity contribution in [2.45, 2.75) is 57.0 Å². The minimum Gasteiger partial charge on any atom is -0.475 e. The first-order valence-electron chi connectivity index (χ1n) is 13.6. The average Bonchev–Trinajstić information content (AvgIpc) is 3.44. The topological polar surface area (TPSA) is 190 Å². The summed E-state index contributed by atoms with van der Waals surface area (Å²) in [6.45, 7) is 0.933. The van der Waals surface area contributed by atoms with Crippen LogP contribution in [0.25, 0.3) is 0 Å². The molecule has 0 aromatic heterocycles. The number of hydrogen-bond donors (Lipinski definition) is 5. The average molecular weight is 586 g/mol. The van der Waals surface area contributed by atoms with E-state index >= 15 is 0 Å². The number of nitrogens with zero attached hydrogens (tertiary/aromatic N) is 1. The minimum atomic E-state index is -1.61. The third kappa shape index (κ3) is 8.19. The number of aliphatic hydroxyl groups is 2. The lowest BCUT2D eigenvalue weighted by atomic mass is 10.1. The van der Waals surface area contributed by atoms with Gasteiger partial charge in [0.25, 0.3) is 6.29 Å². The molecule has 2 aromatic carbocycles. The van der Waals surface area contributed by atoms with E-state index in [0.29, 0.717) is 25.1 Å². The van der Waals surface area contributed by atoms with Crippen LogP contribution in [0.5, 0.6) is 5.75 Å². The molecule has 4 rings (SSSR count). The summed E-state index contributed by atoms with van der Waals surface area (Å²) in [5, 5.41) is 32.2. The Labute approximate surface area is 242 Å². The zero-order valence-electron chi connectivity index (χ0n) is 22.9. The molecular formula is C29H35N3O10. The van der Waals surface area contributed by atoms with E-state index in [1.807, 2.05) is 30.3 Å². The van der Waals surface area contributed by atoms with E-state index in [4.69, 9.17) is 24.7 Å². The SMILES string of the molecule is NCCC(=O)Nc1cc(COC(=O)N2CCCC2OCCc2ccccc2)ccc1OC1OC(C(=O)O)=CC(O)C1O. The molecule has 4 unspecified atom stereocenters. The number of amides is 2. The van der Waals surface area contributed by atoms with Crippen molar-refractivity contribution in [1.82, 2.24) is 4.90 Å². The number of carboxylic acids is 1. The lowest BCUT2D eigenvalue weighted by Crippen LogP contribution is -2.46. The largest absolute Gasteiger partial charge is 0.475 e. The highest BCUT2D eigenvalue weighted by Gasteiger charge is 2.37. The summed E-state index contributed by atoms with van der Waals surface area (Å²) in [5.41, 5.74) is 7.28. The van der Waals surface area contributed by atoms with Gasteiger partial charge in [-0.2, -0.15) is 0 Å². The molecule has 13 heteroatoms. The van der Waals surface area contributed by atoms with Crippen molar-refractivity contribution in [3.63, 3.8) is 0 Å². The third-order valence-electron chi connectivity index (χ3n) is 6.68. The number of carboxylic acid groups (broad SMARTS) is 1. The van der Waals surface area contributed by atoms with Gasteiger partial charge in [-0.3, -0.25) is 9.69 Å². The van der Waals surface area contributed by atoms with Crippen LogP contribution >= 0.6 is 0 Å². The second-order valence-electron chi connectivity index (χ2n) is 9.79. The zero-order chi connectivity index (χ0) is 30.1. The number of likely N-dealkylation sites (tertiary alicyclic amines) is 1. The monoisotopic (exact) mass is 585 g/mol. The lowest BCUT2D eigenvalue weighted by Gasteiger charge is -2.31. The molecule has 2 aliphatic rings. The van der Waals surface area contributed by atoms with E-state index < -0.39 is 42.2 Å². The number of hydrogen-bond acceptors (Lipinski definition) is 10. The zero-order valence-corrected chi connectivity index (χ0v) is 22.9. The Kier molecular flexibility index (Phi) is 10.7. The van der Waals surface area contributed by atoms with Crippen molar-refractivity contribution < 1.29 is 48.7 Å². The molecule has 2 heterocycles. The maximum Gasteiger partial charge on any atom is 0.412 e. The number of aliphatic hydroxyl groups excluding tert-OH is 2. The van der Waals surface area contributed by atoms with Crippen LogP contribution in [0.4, 0.5) is 10.5 Å². The van der Waals surface area contributed by atoms with Crippen molar-refractivity contribution in [2.24, 2.45) is 5.73 Å². The molecule has 226 valence electrons. The van der Waals surface area contributed by atoms with Crippen LogP contribution in [0.15, 0.2) is 60.4 Å². The summed E-state index contributed by atoms with van der Waals surface area (Å²) >= 11 is 0. The van der Waals surface area contributed by atoms with Crippen LogP contribution < -0.4 is 15.8 Å². The molecule has 4 atom stereocenters. The Bertz CT molecular complexity index is 1270. The highest BCUT2D eigenvalue weighted by atomic mass is 16.7. The molecule has 0 saturated carbocycles. The lowest BCUT2D eigenvalue weighted by molar-refractivity contribution is -0.172. The molecule has 2 amide bonds. The summed E-state index contributed by atoms with van der Waals surface area (Å²) in [7, 11) is 0. The van der Waals surface area contributed by atoms with E-state index in [1.165, 1.54) is 12.1 Å². The van der Waals surface area contributed by atoms with E-state index in [2.05, 4.69) is 5.32 Å². The van der Waals surface area contributed by atoms with Crippen LogP contribution in [0.2, 0.25) is 0 Å². The third-order valence-corrected chi connectivity index (χ3v) is 6.68. The van der Waals surface area contributed by atoms with E-state index in [-0.39, 0.29) is 37.2 Å². The first-order chi connectivity index (χ1) is 20.2. The summed E-state index contributed by atoms with van der Waals surface area (Å²) < 4.78 is 22.3. The first-order valence-corrected chi connectivity index (χ1v) is 13.6. The summed E-state index contributed by atoms with van der Waals surface area (Å²) in [6, 6.07) is 14.4. The van der Waals surface area contributed by atoms with Crippen molar-refractivity contribution >= 4 is 23.7 Å². The van der Waals surface area contributed by atoms with E-state index in [9.17, 15) is 29.7 Å². The number of anilines is 1. The number of nitrogens with one attached hydrogen (secondary N) is 1. The smallest absolute Gasteiger partial charge is 0.412 e. The van der Waals surface area contributed by atoms with Gasteiger partial charge in [-0.25, -0.2) is 9.59 Å². The standard InChI is InChI=1S/C29H35N3O10/c30-12-10-24(34)31-20-15-19(8-9-22(20)41-28-26(35)21(33)16-23(42-28)27(36)37)17-40-29(38)32-13-4-7-25(32)39-14-11-18-5-2-1-3-6-18/h1-3,5-6,8-9,15-16,21,25-26,28,33,35H,4,7,10-14,17,30H2,(H,31,34)(H,36,37). The van der Waals surface area contributed by atoms with Crippen LogP contribution in [0.1, 0.15) is 30.4 Å². The van der Waals surface area contributed by atoms with Crippen LogP contribution in [0.3, 0.4) is 0 Å². The summed E-state index contributed by atoms with van der Waals surface area (Å²) in [5.74, 6) is -2.46. The maximum absolute atomic E-state index is 12.9. The molecule has 6 N–H and O–H groups in total. The number of nitrogens with two attached hydrogens (primary N) is 1. The number of ether oxygens (including phenoxy) is 4. The molecule has 0 aliphatic carbocycles. The van der Waals surface area contributed by atoms with Crippen molar-refractivity contribution in [3.05, 3.63) is 71.5 Å². The molecule has 2 aromatic rings. The Morgan fingerprint density at radius 2 is 1.88 bits per heavy atom. The van der Waals surface area contributed by atoms with E-state index in [1.54, 1.807) is 11.0 Å². The van der Waals surface area contributed by atoms with Crippen molar-refractivity contribution in [1.29, 1.82) is 0 Å². The summed E-state index contributed by atoms with van der Waals surface area (Å²) in [6.07, 6.45) is -2.59. The number of carbonyl (C=O) groups excluding carboxylic acids is 2. The second kappa shape index (κ2) is 14.6. The number of carbonyl (C=O) groups is 3. The fourth-order valence-electron chi connectivity index (χ4n) is 4.50. The van der Waals surface area contributed by atoms with Crippen molar-refractivity contribution in [2.75, 3.05) is 25.0 Å². The van der Waals surface area contributed by atoms with Gasteiger partial charge >= 0.3 is 12.1 Å². The molecule has 1 saturated heterocycles. The van der Waals surface area contributed by atoms with Gasteiger partial charge in [0, 0.05) is 19.5 Å². The quantitative estimate of drug-likeness (QED) is 0.244. The highest BCUT2D eigenvalue weighted by Crippen LogP contribution is 2.31. The van der Waals surface area contributed by atoms with Gasteiger partial charge in [0.05, 0.1) is 12.3 Å². The van der Waals surface area contributed by atoms with Crippen LogP contribution in [-0.2, 0) is 36.8 Å². The van der Waals surface area contributed by atoms with Gasteiger partial charge in [0.15, 0.2) is 6.10 Å². The normalized spacial score (nSPS) is 21.7. The second-order valence-corrected chi connectivity index (χ2v) is 9.79. The Hall–Kier alpha value is -4.17. The van der Waals surface area contributed by atoms with Gasteiger partial charge in [-0.1, -0.05) is 36.4 Å². The molecular weight excluding hydrogens is 550 g/mol.